The molecule has 0 aliphatic carbocycles. The Bertz CT molecular complexity index is 441. The summed E-state index contributed by atoms with van der Waals surface area (Å²) in [6, 6.07) is 0. The minimum atomic E-state index is -1.96. The molecule has 0 spiro atoms. The summed E-state index contributed by atoms with van der Waals surface area (Å²) in [5, 5.41) is 0. The first-order valence-electron chi connectivity index (χ1n) is 16.5. The molecular formula is C32H62O4Zn. The minimum Gasteiger partial charge on any atom is -0.0654 e. The second kappa shape index (κ2) is 31.8. The minimum absolute atomic E-state index is 0.170. The Morgan fingerprint density at radius 1 is 0.378 bits per heavy atom. The summed E-state index contributed by atoms with van der Waals surface area (Å²) in [6.45, 7) is 4.54. The van der Waals surface area contributed by atoms with Crippen LogP contribution in [0.4, 0.5) is 0 Å². The van der Waals surface area contributed by atoms with Gasteiger partial charge in [-0.25, -0.2) is 0 Å². The van der Waals surface area contributed by atoms with E-state index in [9.17, 15) is 9.59 Å². The maximum absolute atomic E-state index is 11.8. The van der Waals surface area contributed by atoms with Gasteiger partial charge in [-0.15, -0.1) is 0 Å². The van der Waals surface area contributed by atoms with Crippen molar-refractivity contribution < 1.29 is 34.6 Å². The second-order valence-corrected chi connectivity index (χ2v) is 12.8. The molecule has 0 amide bonds. The van der Waals surface area contributed by atoms with Crippen LogP contribution in [0.15, 0.2) is 0 Å². The Balaban J connectivity index is 3.27. The van der Waals surface area contributed by atoms with Crippen molar-refractivity contribution in [1.29, 1.82) is 0 Å². The normalized spacial score (nSPS) is 10.9. The molecule has 0 saturated heterocycles. The molecule has 0 heterocycles. The maximum atomic E-state index is 11.8. The van der Waals surface area contributed by atoms with Crippen molar-refractivity contribution in [3.05, 3.63) is 0 Å². The summed E-state index contributed by atoms with van der Waals surface area (Å²) in [4.78, 5) is 23.7. The van der Waals surface area contributed by atoms with E-state index in [1.807, 2.05) is 0 Å². The average molecular weight is 576 g/mol. The molecule has 0 aromatic heterocycles. The Labute approximate surface area is 239 Å². The van der Waals surface area contributed by atoms with Gasteiger partial charge >= 0.3 is 175 Å². The zero-order valence-electron chi connectivity index (χ0n) is 25.1. The van der Waals surface area contributed by atoms with Crippen molar-refractivity contribution >= 4 is 11.9 Å². The number of unbranched alkanes of at least 4 members (excludes halogenated alkanes) is 24. The van der Waals surface area contributed by atoms with Gasteiger partial charge in [-0.05, 0) is 0 Å². The first kappa shape index (κ1) is 36.6. The Kier molecular flexibility index (Phi) is 31.4. The van der Waals surface area contributed by atoms with Gasteiger partial charge in [0.2, 0.25) is 0 Å². The van der Waals surface area contributed by atoms with Crippen molar-refractivity contribution in [2.75, 3.05) is 0 Å². The molecule has 0 aliphatic heterocycles. The molecule has 0 saturated carbocycles. The van der Waals surface area contributed by atoms with E-state index in [4.69, 9.17) is 7.13 Å². The predicted molar refractivity (Wildman–Crippen MR) is 153 cm³/mol. The van der Waals surface area contributed by atoms with Crippen molar-refractivity contribution in [3.63, 3.8) is 0 Å². The summed E-state index contributed by atoms with van der Waals surface area (Å²) in [7, 11) is 0. The van der Waals surface area contributed by atoms with Crippen molar-refractivity contribution in [2.45, 2.75) is 194 Å². The number of hydrogen-bond acceptors (Lipinski definition) is 4. The molecule has 0 bridgehead atoms. The third-order valence-corrected chi connectivity index (χ3v) is 9.25. The van der Waals surface area contributed by atoms with Crippen LogP contribution in [0.3, 0.4) is 0 Å². The van der Waals surface area contributed by atoms with Gasteiger partial charge in [-0.3, -0.25) is 0 Å². The molecule has 0 rings (SSSR count). The average Bonchev–Trinajstić information content (AvgIpc) is 2.89. The topological polar surface area (TPSA) is 52.6 Å². The van der Waals surface area contributed by atoms with Gasteiger partial charge in [0.1, 0.15) is 0 Å². The molecular weight excluding hydrogens is 514 g/mol. The van der Waals surface area contributed by atoms with Crippen LogP contribution in [0.1, 0.15) is 194 Å². The van der Waals surface area contributed by atoms with Crippen LogP contribution in [0.25, 0.3) is 0 Å². The van der Waals surface area contributed by atoms with Crippen LogP contribution in [0.2, 0.25) is 0 Å². The van der Waals surface area contributed by atoms with Crippen LogP contribution >= 0.6 is 0 Å². The molecule has 0 fully saturated rings. The third-order valence-electron chi connectivity index (χ3n) is 7.41. The number of carbonyl (C=O) groups excluding carboxylic acids is 2. The number of hydrogen-bond donors (Lipinski definition) is 0. The number of carbonyl (C=O) groups is 2. The summed E-state index contributed by atoms with van der Waals surface area (Å²) < 4.78 is 10.5. The predicted octanol–water partition coefficient (Wildman–Crippen LogP) is 10.9. The number of rotatable bonds is 30. The van der Waals surface area contributed by atoms with Gasteiger partial charge in [0.05, 0.1) is 0 Å². The molecule has 0 atom stereocenters. The zero-order valence-corrected chi connectivity index (χ0v) is 28.1. The molecule has 0 unspecified atom stereocenters. The second-order valence-electron chi connectivity index (χ2n) is 11.1. The van der Waals surface area contributed by atoms with E-state index in [1.54, 1.807) is 0 Å². The zero-order chi connectivity index (χ0) is 27.1. The van der Waals surface area contributed by atoms with Crippen molar-refractivity contribution in [3.8, 4) is 0 Å². The fourth-order valence-electron chi connectivity index (χ4n) is 4.88. The molecule has 37 heavy (non-hydrogen) atoms. The van der Waals surface area contributed by atoms with Crippen molar-refractivity contribution in [1.82, 2.24) is 0 Å². The summed E-state index contributed by atoms with van der Waals surface area (Å²) in [5.41, 5.74) is 0. The van der Waals surface area contributed by atoms with Gasteiger partial charge in [-0.2, -0.15) is 0 Å². The first-order valence-corrected chi connectivity index (χ1v) is 18.9. The quantitative estimate of drug-likeness (QED) is 0.0631. The smallest absolute Gasteiger partial charge is 0.0654 e. The molecule has 216 valence electrons. The van der Waals surface area contributed by atoms with Crippen LogP contribution < -0.4 is 0 Å². The van der Waals surface area contributed by atoms with E-state index in [0.29, 0.717) is 12.8 Å². The molecule has 0 aromatic rings. The fourth-order valence-corrected chi connectivity index (χ4v) is 6.16. The summed E-state index contributed by atoms with van der Waals surface area (Å²) in [6.07, 6.45) is 34.7. The van der Waals surface area contributed by atoms with Crippen LogP contribution in [0.5, 0.6) is 0 Å². The molecule has 0 aliphatic rings. The Hall–Kier alpha value is -0.437. The van der Waals surface area contributed by atoms with E-state index in [1.165, 1.54) is 141 Å². The third kappa shape index (κ3) is 31.7. The molecule has 5 heteroatoms. The van der Waals surface area contributed by atoms with Gasteiger partial charge in [0.25, 0.3) is 0 Å². The molecule has 0 aromatic carbocycles. The van der Waals surface area contributed by atoms with Gasteiger partial charge in [0, 0.05) is 0 Å². The monoisotopic (exact) mass is 574 g/mol. The summed E-state index contributed by atoms with van der Waals surface area (Å²) >= 11 is -1.96. The van der Waals surface area contributed by atoms with Crippen molar-refractivity contribution in [2.24, 2.45) is 0 Å². The van der Waals surface area contributed by atoms with E-state index >= 15 is 0 Å². The van der Waals surface area contributed by atoms with E-state index in [2.05, 4.69) is 13.8 Å². The van der Waals surface area contributed by atoms with Crippen LogP contribution in [0, 0.1) is 0 Å². The standard InChI is InChI=1S/2C16H32O2.Zn/c2*1-2-3-4-5-6-7-8-9-10-11-12-13-14-15-16(17)18;/h2*2-15H2,1H3,(H,17,18);/q;;+2/p-2. The van der Waals surface area contributed by atoms with Crippen LogP contribution in [-0.2, 0) is 34.6 Å². The van der Waals surface area contributed by atoms with Gasteiger partial charge in [-0.1, -0.05) is 65.2 Å². The fraction of sp³-hybridized carbons (Fsp3) is 0.938. The van der Waals surface area contributed by atoms with E-state index in [-0.39, 0.29) is 11.9 Å². The van der Waals surface area contributed by atoms with Gasteiger partial charge in [0.15, 0.2) is 0 Å². The first-order chi connectivity index (χ1) is 18.2. The SMILES string of the molecule is CCCCCCCCCCCCCCCC(=O)[O][Zn][O]C(=O)CCCCCCCCCCCCCCC. The Morgan fingerprint density at radius 2 is 0.595 bits per heavy atom. The van der Waals surface area contributed by atoms with Crippen LogP contribution in [-0.4, -0.2) is 11.9 Å². The Morgan fingerprint density at radius 3 is 0.838 bits per heavy atom. The summed E-state index contributed by atoms with van der Waals surface area (Å²) in [5.74, 6) is -0.339. The molecule has 0 radical (unpaired) electrons. The van der Waals surface area contributed by atoms with E-state index in [0.717, 1.165) is 25.7 Å². The molecule has 4 nitrogen and oxygen atoms in total. The molecule has 0 N–H and O–H groups in total. The van der Waals surface area contributed by atoms with Gasteiger partial charge < -0.3 is 0 Å². The van der Waals surface area contributed by atoms with E-state index < -0.39 is 17.8 Å².